The molecule has 1 aliphatic heterocycles. The number of rotatable bonds is 2. The molecular formula is C16H12BrClO3. The van der Waals surface area contributed by atoms with Crippen molar-refractivity contribution in [2.24, 2.45) is 0 Å². The maximum absolute atomic E-state index is 12.5. The van der Waals surface area contributed by atoms with Gasteiger partial charge in [-0.1, -0.05) is 11.6 Å². The average molecular weight is 368 g/mol. The Morgan fingerprint density at radius 1 is 1.00 bits per heavy atom. The van der Waals surface area contributed by atoms with E-state index in [1.165, 1.54) is 0 Å². The molecule has 3 nitrogen and oxygen atoms in total. The highest BCUT2D eigenvalue weighted by Gasteiger charge is 2.16. The number of carbonyl (C=O) groups is 1. The molecule has 0 spiro atoms. The lowest BCUT2D eigenvalue weighted by molar-refractivity contribution is 0.103. The number of hydrogen-bond acceptors (Lipinski definition) is 3. The highest BCUT2D eigenvalue weighted by Crippen LogP contribution is 2.31. The zero-order valence-electron chi connectivity index (χ0n) is 11.1. The van der Waals surface area contributed by atoms with Crippen LogP contribution in [-0.4, -0.2) is 19.0 Å². The third kappa shape index (κ3) is 3.06. The van der Waals surface area contributed by atoms with Crippen LogP contribution in [-0.2, 0) is 0 Å². The Morgan fingerprint density at radius 2 is 1.67 bits per heavy atom. The van der Waals surface area contributed by atoms with Crippen LogP contribution in [0.25, 0.3) is 0 Å². The topological polar surface area (TPSA) is 35.5 Å². The SMILES string of the molecule is O=C(c1ccc(Br)c(Cl)c1)c1ccc2c(c1)OCCCO2. The Hall–Kier alpha value is -1.52. The van der Waals surface area contributed by atoms with Gasteiger partial charge in [0.2, 0.25) is 0 Å². The quantitative estimate of drug-likeness (QED) is 0.733. The first kappa shape index (κ1) is 14.4. The first-order valence-corrected chi connectivity index (χ1v) is 7.71. The summed E-state index contributed by atoms with van der Waals surface area (Å²) in [5, 5.41) is 0.509. The van der Waals surface area contributed by atoms with Gasteiger partial charge in [0.15, 0.2) is 17.3 Å². The molecule has 3 rings (SSSR count). The van der Waals surface area contributed by atoms with Crippen LogP contribution in [0.15, 0.2) is 40.9 Å². The van der Waals surface area contributed by atoms with Crippen molar-refractivity contribution in [3.63, 3.8) is 0 Å². The number of hydrogen-bond donors (Lipinski definition) is 0. The molecule has 0 radical (unpaired) electrons. The second kappa shape index (κ2) is 6.08. The summed E-state index contributed by atoms with van der Waals surface area (Å²) >= 11 is 9.35. The second-order valence-corrected chi connectivity index (χ2v) is 5.93. The maximum atomic E-state index is 12.5. The number of benzene rings is 2. The Bertz CT molecular complexity index is 700. The van der Waals surface area contributed by atoms with Crippen LogP contribution in [0.3, 0.4) is 0 Å². The molecule has 1 heterocycles. The molecule has 2 aromatic carbocycles. The summed E-state index contributed by atoms with van der Waals surface area (Å²) in [7, 11) is 0. The molecule has 0 aromatic heterocycles. The van der Waals surface area contributed by atoms with Crippen molar-refractivity contribution < 1.29 is 14.3 Å². The minimum absolute atomic E-state index is 0.0972. The summed E-state index contributed by atoms with van der Waals surface area (Å²) in [6, 6.07) is 10.4. The van der Waals surface area contributed by atoms with Crippen LogP contribution < -0.4 is 9.47 Å². The van der Waals surface area contributed by atoms with Crippen LogP contribution in [0.4, 0.5) is 0 Å². The standard InChI is InChI=1S/C16H12BrClO3/c17-12-4-2-10(8-13(12)18)16(19)11-3-5-14-15(9-11)21-7-1-6-20-14/h2-5,8-9H,1,6-7H2. The number of ether oxygens (including phenoxy) is 2. The van der Waals surface area contributed by atoms with Gasteiger partial charge in [0, 0.05) is 22.0 Å². The zero-order valence-corrected chi connectivity index (χ0v) is 13.4. The van der Waals surface area contributed by atoms with Gasteiger partial charge in [0.05, 0.1) is 18.2 Å². The molecule has 0 bridgehead atoms. The fourth-order valence-corrected chi connectivity index (χ4v) is 2.54. The number of halogens is 2. The third-order valence-electron chi connectivity index (χ3n) is 3.19. The highest BCUT2D eigenvalue weighted by molar-refractivity contribution is 9.10. The van der Waals surface area contributed by atoms with Gasteiger partial charge in [-0.25, -0.2) is 0 Å². The molecular weight excluding hydrogens is 356 g/mol. The van der Waals surface area contributed by atoms with Crippen LogP contribution in [0.2, 0.25) is 5.02 Å². The Morgan fingerprint density at radius 3 is 2.43 bits per heavy atom. The lowest BCUT2D eigenvalue weighted by Crippen LogP contribution is -2.02. The van der Waals surface area contributed by atoms with Gasteiger partial charge >= 0.3 is 0 Å². The minimum atomic E-state index is -0.0972. The minimum Gasteiger partial charge on any atom is -0.490 e. The van der Waals surface area contributed by atoms with Crippen LogP contribution in [0.1, 0.15) is 22.3 Å². The predicted octanol–water partition coefficient (Wildman–Crippen LogP) is 4.49. The van der Waals surface area contributed by atoms with Crippen molar-refractivity contribution in [1.82, 2.24) is 0 Å². The molecule has 0 unspecified atom stereocenters. The van der Waals surface area contributed by atoms with Gasteiger partial charge in [0.1, 0.15) is 0 Å². The number of carbonyl (C=O) groups excluding carboxylic acids is 1. The van der Waals surface area contributed by atoms with E-state index in [1.54, 1.807) is 36.4 Å². The monoisotopic (exact) mass is 366 g/mol. The third-order valence-corrected chi connectivity index (χ3v) is 4.42. The molecule has 0 saturated carbocycles. The van der Waals surface area contributed by atoms with E-state index in [2.05, 4.69) is 15.9 Å². The normalized spacial score (nSPS) is 13.6. The van der Waals surface area contributed by atoms with Crippen molar-refractivity contribution in [3.05, 3.63) is 57.0 Å². The summed E-state index contributed by atoms with van der Waals surface area (Å²) in [6.45, 7) is 1.22. The van der Waals surface area contributed by atoms with Crippen molar-refractivity contribution in [2.45, 2.75) is 6.42 Å². The van der Waals surface area contributed by atoms with E-state index in [4.69, 9.17) is 21.1 Å². The van der Waals surface area contributed by atoms with Gasteiger partial charge in [-0.15, -0.1) is 0 Å². The molecule has 0 N–H and O–H groups in total. The van der Waals surface area contributed by atoms with Gasteiger partial charge < -0.3 is 9.47 Å². The molecule has 108 valence electrons. The summed E-state index contributed by atoms with van der Waals surface area (Å²) < 4.78 is 11.9. The largest absolute Gasteiger partial charge is 0.490 e. The summed E-state index contributed by atoms with van der Waals surface area (Å²) in [4.78, 5) is 12.5. The number of ketones is 1. The van der Waals surface area contributed by atoms with Crippen molar-refractivity contribution in [2.75, 3.05) is 13.2 Å². The van der Waals surface area contributed by atoms with Crippen LogP contribution in [0.5, 0.6) is 11.5 Å². The molecule has 0 amide bonds. The highest BCUT2D eigenvalue weighted by atomic mass is 79.9. The first-order chi connectivity index (χ1) is 10.1. The lowest BCUT2D eigenvalue weighted by Gasteiger charge is -2.09. The molecule has 21 heavy (non-hydrogen) atoms. The van der Waals surface area contributed by atoms with Crippen molar-refractivity contribution in [1.29, 1.82) is 0 Å². The van der Waals surface area contributed by atoms with Crippen molar-refractivity contribution in [3.8, 4) is 11.5 Å². The Labute approximate surface area is 136 Å². The maximum Gasteiger partial charge on any atom is 0.193 e. The molecule has 2 aromatic rings. The summed E-state index contributed by atoms with van der Waals surface area (Å²) in [5.74, 6) is 1.19. The zero-order chi connectivity index (χ0) is 14.8. The van der Waals surface area contributed by atoms with E-state index in [-0.39, 0.29) is 5.78 Å². The Balaban J connectivity index is 1.94. The molecule has 0 saturated heterocycles. The molecule has 0 fully saturated rings. The smallest absolute Gasteiger partial charge is 0.193 e. The molecule has 0 atom stereocenters. The lowest BCUT2D eigenvalue weighted by atomic mass is 10.0. The van der Waals surface area contributed by atoms with E-state index in [0.717, 1.165) is 10.9 Å². The van der Waals surface area contributed by atoms with Gasteiger partial charge in [-0.2, -0.15) is 0 Å². The summed E-state index contributed by atoms with van der Waals surface area (Å²) in [5.41, 5.74) is 1.09. The van der Waals surface area contributed by atoms with E-state index in [1.807, 2.05) is 0 Å². The average Bonchev–Trinajstić information content (AvgIpc) is 2.73. The van der Waals surface area contributed by atoms with Gasteiger partial charge in [-0.05, 0) is 52.3 Å². The Kier molecular flexibility index (Phi) is 4.17. The van der Waals surface area contributed by atoms with E-state index >= 15 is 0 Å². The number of fused-ring (bicyclic) bond motifs is 1. The summed E-state index contributed by atoms with van der Waals surface area (Å²) in [6.07, 6.45) is 0.834. The van der Waals surface area contributed by atoms with Crippen LogP contribution in [0, 0.1) is 0 Å². The van der Waals surface area contributed by atoms with Crippen LogP contribution >= 0.6 is 27.5 Å². The van der Waals surface area contributed by atoms with Gasteiger partial charge in [-0.3, -0.25) is 4.79 Å². The van der Waals surface area contributed by atoms with Gasteiger partial charge in [0.25, 0.3) is 0 Å². The fourth-order valence-electron chi connectivity index (χ4n) is 2.11. The second-order valence-electron chi connectivity index (χ2n) is 4.67. The molecule has 0 aliphatic carbocycles. The predicted molar refractivity (Wildman–Crippen MR) is 84.6 cm³/mol. The molecule has 5 heteroatoms. The first-order valence-electron chi connectivity index (χ1n) is 6.54. The molecule has 1 aliphatic rings. The fraction of sp³-hybridized carbons (Fsp3) is 0.188. The van der Waals surface area contributed by atoms with E-state index in [0.29, 0.717) is 40.9 Å². The van der Waals surface area contributed by atoms with Crippen molar-refractivity contribution >= 4 is 33.3 Å². The van der Waals surface area contributed by atoms with E-state index in [9.17, 15) is 4.79 Å². The van der Waals surface area contributed by atoms with E-state index < -0.39 is 0 Å².